The third-order valence-electron chi connectivity index (χ3n) is 11.8. The van der Waals surface area contributed by atoms with Crippen molar-refractivity contribution >= 4 is 70.1 Å². The molecule has 0 radical (unpaired) electrons. The molecule has 1 aromatic heterocycles. The van der Waals surface area contributed by atoms with E-state index in [0.29, 0.717) is 0 Å². The molecule has 0 atom stereocenters. The Morgan fingerprint density at radius 3 is 1.91 bits per heavy atom. The van der Waals surface area contributed by atoms with Crippen LogP contribution in [-0.2, 0) is 5.41 Å². The molecule has 0 spiro atoms. The highest BCUT2D eigenvalue weighted by Gasteiger charge is 2.35. The Morgan fingerprint density at radius 1 is 0.418 bits per heavy atom. The zero-order valence-electron chi connectivity index (χ0n) is 30.8. The topological polar surface area (TPSA) is 3.24 Å². The second kappa shape index (κ2) is 12.3. The summed E-state index contributed by atoms with van der Waals surface area (Å²) in [6, 6.07) is 69.6. The van der Waals surface area contributed by atoms with Crippen molar-refractivity contribution in [1.29, 1.82) is 0 Å². The maximum atomic E-state index is 2.46. The van der Waals surface area contributed by atoms with Crippen molar-refractivity contribution in [1.82, 2.24) is 0 Å². The SMILES string of the molecule is CC1(C)c2ccccc2-c2cc(N(c3ccc(-c4cc5ccccc5c5c4sc4ccccc45)cc3)c3ccccc3-c3ccc4ccccc4c3)ccc21. The molecule has 1 aliphatic rings. The summed E-state index contributed by atoms with van der Waals surface area (Å²) in [5.74, 6) is 0. The summed E-state index contributed by atoms with van der Waals surface area (Å²) in [5, 5.41) is 7.75. The third kappa shape index (κ3) is 4.99. The molecule has 2 heteroatoms. The van der Waals surface area contributed by atoms with Crippen LogP contribution in [0.2, 0.25) is 0 Å². The van der Waals surface area contributed by atoms with Crippen LogP contribution in [0.4, 0.5) is 17.1 Å². The molecule has 1 nitrogen and oxygen atoms in total. The Hall–Kier alpha value is -6.48. The summed E-state index contributed by atoms with van der Waals surface area (Å²) in [5.41, 5.74) is 13.6. The fourth-order valence-electron chi connectivity index (χ4n) is 9.12. The van der Waals surface area contributed by atoms with Crippen LogP contribution in [0.3, 0.4) is 0 Å². The molecule has 0 unspecified atom stereocenters. The van der Waals surface area contributed by atoms with E-state index in [9.17, 15) is 0 Å². The van der Waals surface area contributed by atoms with Crippen LogP contribution in [-0.4, -0.2) is 0 Å². The first-order chi connectivity index (χ1) is 27.0. The normalized spacial score (nSPS) is 13.1. The number of thiophene rings is 1. The first-order valence-electron chi connectivity index (χ1n) is 19.1. The fraction of sp³-hybridized carbons (Fsp3) is 0.0566. The van der Waals surface area contributed by atoms with E-state index < -0.39 is 0 Å². The zero-order valence-corrected chi connectivity index (χ0v) is 31.6. The molecule has 10 aromatic rings. The largest absolute Gasteiger partial charge is 0.310 e. The summed E-state index contributed by atoms with van der Waals surface area (Å²) >= 11 is 1.90. The van der Waals surface area contributed by atoms with Crippen molar-refractivity contribution in [2.75, 3.05) is 4.90 Å². The van der Waals surface area contributed by atoms with E-state index in [4.69, 9.17) is 0 Å². The van der Waals surface area contributed by atoms with E-state index in [1.54, 1.807) is 0 Å². The number of nitrogens with zero attached hydrogens (tertiary/aromatic N) is 1. The monoisotopic (exact) mass is 719 g/mol. The Kier molecular flexibility index (Phi) is 7.14. The van der Waals surface area contributed by atoms with Gasteiger partial charge in [-0.15, -0.1) is 11.3 Å². The lowest BCUT2D eigenvalue weighted by molar-refractivity contribution is 0.660. The molecule has 1 heterocycles. The van der Waals surface area contributed by atoms with E-state index in [0.717, 1.165) is 17.1 Å². The van der Waals surface area contributed by atoms with Gasteiger partial charge >= 0.3 is 0 Å². The number of rotatable bonds is 5. The lowest BCUT2D eigenvalue weighted by atomic mass is 9.82. The minimum Gasteiger partial charge on any atom is -0.310 e. The van der Waals surface area contributed by atoms with Crippen molar-refractivity contribution in [3.05, 3.63) is 199 Å². The van der Waals surface area contributed by atoms with Crippen LogP contribution in [0.1, 0.15) is 25.0 Å². The predicted octanol–water partition coefficient (Wildman–Crippen LogP) is 15.5. The zero-order chi connectivity index (χ0) is 36.7. The minimum absolute atomic E-state index is 0.0578. The standard InChI is InChI=1S/C53H37NS/c1-53(2)47-20-10-7-18-43(47)46-33-40(29-30-48(46)53)54(49-21-11-8-16-41(49)38-24-23-34-13-3-4-14-36(34)31-38)39-27-25-35(26-28-39)45-32-37-15-5-6-17-42(37)51-44-19-9-12-22-50(44)55-52(45)51/h3-33H,1-2H3. The van der Waals surface area contributed by atoms with Gasteiger partial charge in [0.25, 0.3) is 0 Å². The summed E-state index contributed by atoms with van der Waals surface area (Å²) in [6.07, 6.45) is 0. The van der Waals surface area contributed by atoms with Gasteiger partial charge in [-0.05, 0) is 103 Å². The van der Waals surface area contributed by atoms with Gasteiger partial charge in [-0.1, -0.05) is 153 Å². The number of benzene rings is 9. The van der Waals surface area contributed by atoms with Crippen molar-refractivity contribution in [3.63, 3.8) is 0 Å². The van der Waals surface area contributed by atoms with Crippen molar-refractivity contribution in [3.8, 4) is 33.4 Å². The molecule has 260 valence electrons. The lowest BCUT2D eigenvalue weighted by Crippen LogP contribution is -2.15. The van der Waals surface area contributed by atoms with Crippen molar-refractivity contribution in [2.24, 2.45) is 0 Å². The number of hydrogen-bond donors (Lipinski definition) is 0. The average Bonchev–Trinajstić information content (AvgIpc) is 3.74. The Balaban J connectivity index is 1.11. The van der Waals surface area contributed by atoms with E-state index in [1.807, 2.05) is 11.3 Å². The molecule has 1 aliphatic carbocycles. The molecule has 0 aliphatic heterocycles. The summed E-state index contributed by atoms with van der Waals surface area (Å²) < 4.78 is 2.66. The molecule has 0 amide bonds. The maximum absolute atomic E-state index is 2.46. The Morgan fingerprint density at radius 2 is 1.05 bits per heavy atom. The van der Waals surface area contributed by atoms with Gasteiger partial charge < -0.3 is 4.90 Å². The van der Waals surface area contributed by atoms with Crippen molar-refractivity contribution < 1.29 is 0 Å². The Labute approximate surface area is 325 Å². The van der Waals surface area contributed by atoms with Gasteiger partial charge in [-0.2, -0.15) is 0 Å². The van der Waals surface area contributed by atoms with Crippen LogP contribution in [0.15, 0.2) is 188 Å². The van der Waals surface area contributed by atoms with Crippen LogP contribution in [0.5, 0.6) is 0 Å². The Bertz CT molecular complexity index is 3130. The second-order valence-electron chi connectivity index (χ2n) is 15.3. The average molecular weight is 720 g/mol. The lowest BCUT2D eigenvalue weighted by Gasteiger charge is -2.29. The highest BCUT2D eigenvalue weighted by atomic mass is 32.1. The van der Waals surface area contributed by atoms with E-state index >= 15 is 0 Å². The molecule has 11 rings (SSSR count). The molecule has 0 saturated heterocycles. The van der Waals surface area contributed by atoms with E-state index in [-0.39, 0.29) is 5.41 Å². The molecule has 55 heavy (non-hydrogen) atoms. The molecule has 0 N–H and O–H groups in total. The van der Waals surface area contributed by atoms with Crippen LogP contribution < -0.4 is 4.90 Å². The third-order valence-corrected chi connectivity index (χ3v) is 13.0. The molecular formula is C53H37NS. The highest BCUT2D eigenvalue weighted by Crippen LogP contribution is 2.52. The number of para-hydroxylation sites is 1. The van der Waals surface area contributed by atoms with Crippen LogP contribution >= 0.6 is 11.3 Å². The van der Waals surface area contributed by atoms with E-state index in [2.05, 4.69) is 207 Å². The summed E-state index contributed by atoms with van der Waals surface area (Å²) in [7, 11) is 0. The van der Waals surface area contributed by atoms with Crippen LogP contribution in [0, 0.1) is 0 Å². The number of anilines is 3. The summed E-state index contributed by atoms with van der Waals surface area (Å²) in [4.78, 5) is 2.46. The van der Waals surface area contributed by atoms with Gasteiger partial charge in [0.15, 0.2) is 0 Å². The van der Waals surface area contributed by atoms with E-state index in [1.165, 1.54) is 86.2 Å². The van der Waals surface area contributed by atoms with Gasteiger partial charge in [-0.3, -0.25) is 0 Å². The number of fused-ring (bicyclic) bond motifs is 9. The van der Waals surface area contributed by atoms with Crippen molar-refractivity contribution in [2.45, 2.75) is 19.3 Å². The van der Waals surface area contributed by atoms with Gasteiger partial charge in [0.1, 0.15) is 0 Å². The first kappa shape index (κ1) is 32.0. The molecule has 9 aromatic carbocycles. The van der Waals surface area contributed by atoms with Gasteiger partial charge in [0.2, 0.25) is 0 Å². The molecule has 0 saturated carbocycles. The number of hydrogen-bond acceptors (Lipinski definition) is 2. The maximum Gasteiger partial charge on any atom is 0.0540 e. The first-order valence-corrected chi connectivity index (χ1v) is 19.9. The van der Waals surface area contributed by atoms with Gasteiger partial charge in [0.05, 0.1) is 5.69 Å². The predicted molar refractivity (Wildman–Crippen MR) is 237 cm³/mol. The van der Waals surface area contributed by atoms with Gasteiger partial charge in [0, 0.05) is 48.1 Å². The highest BCUT2D eigenvalue weighted by molar-refractivity contribution is 7.26. The minimum atomic E-state index is -0.0578. The van der Waals surface area contributed by atoms with Crippen LogP contribution in [0.25, 0.3) is 75.1 Å². The summed E-state index contributed by atoms with van der Waals surface area (Å²) in [6.45, 7) is 4.70. The van der Waals surface area contributed by atoms with Gasteiger partial charge in [-0.25, -0.2) is 0 Å². The molecular weight excluding hydrogens is 683 g/mol. The quantitative estimate of drug-likeness (QED) is 0.171. The molecule has 0 bridgehead atoms. The molecule has 0 fully saturated rings. The fourth-order valence-corrected chi connectivity index (χ4v) is 10.4. The smallest absolute Gasteiger partial charge is 0.0540 e. The second-order valence-corrected chi connectivity index (χ2v) is 16.4.